The van der Waals surface area contributed by atoms with Crippen molar-refractivity contribution < 1.29 is 36.7 Å². The van der Waals surface area contributed by atoms with Crippen LogP contribution >= 0.6 is 0 Å². The molecule has 2 amide bonds. The molecule has 1 aromatic rings. The third kappa shape index (κ3) is 8.65. The highest BCUT2D eigenvalue weighted by molar-refractivity contribution is 7.89. The number of rotatable bonds is 14. The highest BCUT2D eigenvalue weighted by Gasteiger charge is 2.52. The fourth-order valence-corrected chi connectivity index (χ4v) is 4.23. The number of unbranched alkanes of at least 4 members (excludes halogenated alkanes) is 1. The van der Waals surface area contributed by atoms with Gasteiger partial charge in [-0.15, -0.1) is 0 Å². The van der Waals surface area contributed by atoms with Crippen LogP contribution in [0.1, 0.15) is 40.0 Å². The Hall–Kier alpha value is -2.57. The van der Waals surface area contributed by atoms with E-state index >= 15 is 0 Å². The molecule has 3 N–H and O–H groups in total. The lowest BCUT2D eigenvalue weighted by atomic mass is 10.0. The number of sulfonamides is 1. The van der Waals surface area contributed by atoms with Crippen molar-refractivity contribution in [1.29, 1.82) is 0 Å². The lowest BCUT2D eigenvalue weighted by Crippen LogP contribution is -2.49. The summed E-state index contributed by atoms with van der Waals surface area (Å²) in [7, 11) is -3.73. The molecule has 0 aliphatic carbocycles. The first kappa shape index (κ1) is 27.7. The van der Waals surface area contributed by atoms with E-state index in [-0.39, 0.29) is 36.4 Å². The minimum atomic E-state index is -3.73. The third-order valence-corrected chi connectivity index (χ3v) is 6.40. The van der Waals surface area contributed by atoms with Crippen molar-refractivity contribution in [3.8, 4) is 0 Å². The summed E-state index contributed by atoms with van der Waals surface area (Å²) in [6.07, 6.45) is -0.557. The zero-order chi connectivity index (χ0) is 25.3. The Bertz CT molecular complexity index is 954. The van der Waals surface area contributed by atoms with E-state index in [1.54, 1.807) is 6.92 Å². The second-order valence-corrected chi connectivity index (χ2v) is 10.0. The summed E-state index contributed by atoms with van der Waals surface area (Å²) in [6.45, 7) is 6.09. The molecule has 3 atom stereocenters. The molecule has 1 heterocycles. The molecule has 12 heteroatoms. The number of benzene rings is 1. The average molecular weight is 502 g/mol. The maximum atomic E-state index is 13.0. The summed E-state index contributed by atoms with van der Waals surface area (Å²) in [5.74, 6) is -1.93. The van der Waals surface area contributed by atoms with Gasteiger partial charge < -0.3 is 20.1 Å². The Morgan fingerprint density at radius 1 is 1.09 bits per heavy atom. The van der Waals surface area contributed by atoms with Crippen molar-refractivity contribution >= 4 is 27.8 Å². The molecule has 1 aliphatic heterocycles. The largest absolute Gasteiger partial charge is 0.464 e. The van der Waals surface area contributed by atoms with E-state index in [0.717, 1.165) is 12.1 Å². The van der Waals surface area contributed by atoms with Crippen LogP contribution in [0.4, 0.5) is 4.39 Å². The molecule has 0 unspecified atom stereocenters. The van der Waals surface area contributed by atoms with Crippen molar-refractivity contribution in [3.63, 3.8) is 0 Å². The number of hydrogen-bond donors (Lipinski definition) is 3. The Morgan fingerprint density at radius 2 is 1.74 bits per heavy atom. The Labute approximate surface area is 199 Å². The van der Waals surface area contributed by atoms with Gasteiger partial charge in [0.15, 0.2) is 12.2 Å². The van der Waals surface area contributed by atoms with E-state index in [0.29, 0.717) is 19.3 Å². The fraction of sp³-hybridized carbons (Fsp3) is 0.591. The summed E-state index contributed by atoms with van der Waals surface area (Å²) in [5.41, 5.74) is 0. The van der Waals surface area contributed by atoms with Crippen molar-refractivity contribution in [2.24, 2.45) is 5.92 Å². The van der Waals surface area contributed by atoms with Crippen LogP contribution in [0.5, 0.6) is 0 Å². The molecule has 34 heavy (non-hydrogen) atoms. The minimum Gasteiger partial charge on any atom is -0.464 e. The molecule has 1 aromatic carbocycles. The number of carbonyl (C=O) groups is 3. The summed E-state index contributed by atoms with van der Waals surface area (Å²) >= 11 is 0. The van der Waals surface area contributed by atoms with Crippen LogP contribution < -0.4 is 15.4 Å². The predicted octanol–water partition coefficient (Wildman–Crippen LogP) is 0.862. The van der Waals surface area contributed by atoms with Gasteiger partial charge in [-0.3, -0.25) is 9.59 Å². The number of carbonyl (C=O) groups excluding carboxylic acids is 3. The maximum absolute atomic E-state index is 13.0. The molecule has 1 fully saturated rings. The van der Waals surface area contributed by atoms with Gasteiger partial charge in [0.2, 0.25) is 15.9 Å². The molecule has 190 valence electrons. The van der Waals surface area contributed by atoms with E-state index in [2.05, 4.69) is 15.4 Å². The summed E-state index contributed by atoms with van der Waals surface area (Å²) in [4.78, 5) is 36.5. The molecule has 1 saturated heterocycles. The SMILES string of the molecule is CCOC(=O)[C@H]1O[C@@H]1C(=O)N[C@@H](CC(C)C)C(=O)NCCCCNS(=O)(=O)c1ccc(F)cc1. The summed E-state index contributed by atoms with van der Waals surface area (Å²) in [5, 5.41) is 5.37. The highest BCUT2D eigenvalue weighted by Crippen LogP contribution is 2.24. The van der Waals surface area contributed by atoms with E-state index in [1.165, 1.54) is 12.1 Å². The topological polar surface area (TPSA) is 143 Å². The molecule has 10 nitrogen and oxygen atoms in total. The van der Waals surface area contributed by atoms with E-state index in [4.69, 9.17) is 9.47 Å². The first-order valence-electron chi connectivity index (χ1n) is 11.2. The lowest BCUT2D eigenvalue weighted by molar-refractivity contribution is -0.144. The molecule has 0 aromatic heterocycles. The fourth-order valence-electron chi connectivity index (χ4n) is 3.16. The second-order valence-electron chi connectivity index (χ2n) is 8.27. The van der Waals surface area contributed by atoms with Gasteiger partial charge in [0.1, 0.15) is 11.9 Å². The summed E-state index contributed by atoms with van der Waals surface area (Å²) < 4.78 is 49.6. The van der Waals surface area contributed by atoms with Crippen LogP contribution in [0, 0.1) is 11.7 Å². The number of ether oxygens (including phenoxy) is 2. The van der Waals surface area contributed by atoms with Crippen LogP contribution in [0.15, 0.2) is 29.2 Å². The van der Waals surface area contributed by atoms with Gasteiger partial charge >= 0.3 is 5.97 Å². The number of esters is 1. The lowest BCUT2D eigenvalue weighted by Gasteiger charge is -2.20. The van der Waals surface area contributed by atoms with Gasteiger partial charge in [-0.2, -0.15) is 0 Å². The number of amides is 2. The van der Waals surface area contributed by atoms with Crippen LogP contribution in [0.2, 0.25) is 0 Å². The normalized spacial score (nSPS) is 18.3. The third-order valence-electron chi connectivity index (χ3n) is 4.93. The van der Waals surface area contributed by atoms with Gasteiger partial charge in [-0.25, -0.2) is 22.3 Å². The van der Waals surface area contributed by atoms with Gasteiger partial charge in [0, 0.05) is 13.1 Å². The maximum Gasteiger partial charge on any atom is 0.338 e. The number of epoxide rings is 1. The van der Waals surface area contributed by atoms with Crippen molar-refractivity contribution in [2.45, 2.75) is 63.2 Å². The highest BCUT2D eigenvalue weighted by atomic mass is 32.2. The smallest absolute Gasteiger partial charge is 0.338 e. The van der Waals surface area contributed by atoms with Gasteiger partial charge in [-0.1, -0.05) is 13.8 Å². The monoisotopic (exact) mass is 501 g/mol. The average Bonchev–Trinajstić information content (AvgIpc) is 3.57. The van der Waals surface area contributed by atoms with E-state index in [9.17, 15) is 27.2 Å². The molecule has 0 bridgehead atoms. The summed E-state index contributed by atoms with van der Waals surface area (Å²) in [6, 6.07) is 3.72. The van der Waals surface area contributed by atoms with E-state index < -0.39 is 46.0 Å². The first-order chi connectivity index (χ1) is 16.0. The minimum absolute atomic E-state index is 0.0284. The van der Waals surface area contributed by atoms with Crippen LogP contribution in [-0.4, -0.2) is 64.1 Å². The van der Waals surface area contributed by atoms with Crippen LogP contribution in [0.3, 0.4) is 0 Å². The number of halogens is 1. The molecule has 0 radical (unpaired) electrons. The molecular formula is C22H32FN3O7S. The number of hydrogen-bond acceptors (Lipinski definition) is 7. The van der Waals surface area contributed by atoms with Gasteiger partial charge in [0.25, 0.3) is 5.91 Å². The number of nitrogens with one attached hydrogen (secondary N) is 3. The van der Waals surface area contributed by atoms with Crippen LogP contribution in [-0.2, 0) is 33.9 Å². The quantitative estimate of drug-likeness (QED) is 0.195. The molecule has 1 aliphatic rings. The van der Waals surface area contributed by atoms with Gasteiger partial charge in [0.05, 0.1) is 11.5 Å². The zero-order valence-electron chi connectivity index (χ0n) is 19.5. The standard InChI is InChI=1S/C22H32FN3O7S/c1-4-32-22(29)19-18(33-19)21(28)26-17(13-14(2)3)20(27)24-11-5-6-12-25-34(30,31)16-9-7-15(23)8-10-16/h7-10,14,17-19,25H,4-6,11-13H2,1-3H3,(H,24,27)(H,26,28)/t17-,18-,19-/m0/s1. The Morgan fingerprint density at radius 3 is 2.35 bits per heavy atom. The predicted molar refractivity (Wildman–Crippen MR) is 121 cm³/mol. The second kappa shape index (κ2) is 12.8. The molecular weight excluding hydrogens is 469 g/mol. The molecule has 0 saturated carbocycles. The van der Waals surface area contributed by atoms with E-state index in [1.807, 2.05) is 13.8 Å². The molecule has 0 spiro atoms. The Balaban J connectivity index is 1.73. The van der Waals surface area contributed by atoms with Crippen molar-refractivity contribution in [1.82, 2.24) is 15.4 Å². The van der Waals surface area contributed by atoms with Crippen molar-refractivity contribution in [2.75, 3.05) is 19.7 Å². The van der Waals surface area contributed by atoms with Gasteiger partial charge in [-0.05, 0) is 56.4 Å². The zero-order valence-corrected chi connectivity index (χ0v) is 20.3. The Kier molecular flexibility index (Phi) is 10.4. The molecule has 2 rings (SSSR count). The first-order valence-corrected chi connectivity index (χ1v) is 12.7. The van der Waals surface area contributed by atoms with Crippen LogP contribution in [0.25, 0.3) is 0 Å². The van der Waals surface area contributed by atoms with Crippen molar-refractivity contribution in [3.05, 3.63) is 30.1 Å².